The van der Waals surface area contributed by atoms with Gasteiger partial charge in [-0.2, -0.15) is 11.8 Å². The third kappa shape index (κ3) is 4.42. The molecular weight excluding hydrogens is 194 g/mol. The second-order valence-electron chi connectivity index (χ2n) is 3.34. The van der Waals surface area contributed by atoms with Crippen LogP contribution in [0.5, 0.6) is 5.75 Å². The molecule has 0 aliphatic carbocycles. The van der Waals surface area contributed by atoms with Crippen LogP contribution in [-0.2, 0) is 0 Å². The highest BCUT2D eigenvalue weighted by molar-refractivity contribution is 7.99. The summed E-state index contributed by atoms with van der Waals surface area (Å²) in [7, 11) is 0. The molecule has 0 aromatic heterocycles. The first-order chi connectivity index (χ1) is 6.68. The van der Waals surface area contributed by atoms with E-state index in [0.29, 0.717) is 5.25 Å². The topological polar surface area (TPSA) is 35.2 Å². The molecule has 2 N–H and O–H groups in total. The molecule has 0 fully saturated rings. The second-order valence-corrected chi connectivity index (χ2v) is 5.02. The van der Waals surface area contributed by atoms with Gasteiger partial charge < -0.3 is 10.5 Å². The molecule has 1 rings (SSSR count). The van der Waals surface area contributed by atoms with E-state index in [1.54, 1.807) is 0 Å². The fraction of sp³-hybridized carbons (Fsp3) is 0.455. The number of benzene rings is 1. The van der Waals surface area contributed by atoms with Crippen LogP contribution in [0, 0.1) is 0 Å². The molecule has 78 valence electrons. The molecule has 1 aromatic carbocycles. The van der Waals surface area contributed by atoms with Gasteiger partial charge in [0.1, 0.15) is 5.75 Å². The maximum atomic E-state index is 5.63. The molecule has 0 spiro atoms. The van der Waals surface area contributed by atoms with Gasteiger partial charge >= 0.3 is 0 Å². The molecule has 0 bridgehead atoms. The minimum absolute atomic E-state index is 0.666. The lowest BCUT2D eigenvalue weighted by atomic mass is 10.3. The molecule has 2 nitrogen and oxygen atoms in total. The van der Waals surface area contributed by atoms with E-state index in [2.05, 4.69) is 13.8 Å². The molecule has 3 heteroatoms. The van der Waals surface area contributed by atoms with Gasteiger partial charge in [-0.15, -0.1) is 0 Å². The Balaban J connectivity index is 2.25. The van der Waals surface area contributed by atoms with E-state index in [0.717, 1.165) is 23.8 Å². The van der Waals surface area contributed by atoms with Crippen molar-refractivity contribution in [3.05, 3.63) is 24.3 Å². The van der Waals surface area contributed by atoms with Crippen LogP contribution in [0.1, 0.15) is 13.8 Å². The molecule has 0 saturated heterocycles. The summed E-state index contributed by atoms with van der Waals surface area (Å²) in [4.78, 5) is 0. The Hall–Kier alpha value is -0.830. The van der Waals surface area contributed by atoms with E-state index in [1.165, 1.54) is 0 Å². The average Bonchev–Trinajstić information content (AvgIpc) is 2.12. The normalized spacial score (nSPS) is 10.5. The first kappa shape index (κ1) is 11.2. The van der Waals surface area contributed by atoms with Crippen molar-refractivity contribution < 1.29 is 4.74 Å². The minimum atomic E-state index is 0.666. The summed E-state index contributed by atoms with van der Waals surface area (Å²) in [6.07, 6.45) is 0. The first-order valence-corrected chi connectivity index (χ1v) is 5.83. The van der Waals surface area contributed by atoms with E-state index in [-0.39, 0.29) is 0 Å². The molecule has 0 radical (unpaired) electrons. The van der Waals surface area contributed by atoms with Gasteiger partial charge in [0.2, 0.25) is 0 Å². The maximum absolute atomic E-state index is 5.63. The zero-order chi connectivity index (χ0) is 10.4. The Morgan fingerprint density at radius 2 is 2.21 bits per heavy atom. The van der Waals surface area contributed by atoms with Crippen LogP contribution in [0.3, 0.4) is 0 Å². The molecule has 14 heavy (non-hydrogen) atoms. The van der Waals surface area contributed by atoms with E-state index < -0.39 is 0 Å². The Morgan fingerprint density at radius 3 is 2.86 bits per heavy atom. The third-order valence-corrected chi connectivity index (χ3v) is 2.73. The molecule has 0 atom stereocenters. The minimum Gasteiger partial charge on any atom is -0.493 e. The van der Waals surface area contributed by atoms with Crippen molar-refractivity contribution in [1.29, 1.82) is 0 Å². The largest absolute Gasteiger partial charge is 0.493 e. The summed E-state index contributed by atoms with van der Waals surface area (Å²) in [5.41, 5.74) is 6.37. The van der Waals surface area contributed by atoms with Crippen molar-refractivity contribution in [3.63, 3.8) is 0 Å². The fourth-order valence-corrected chi connectivity index (χ4v) is 1.70. The van der Waals surface area contributed by atoms with Crippen molar-refractivity contribution in [3.8, 4) is 5.75 Å². The predicted molar refractivity (Wildman–Crippen MR) is 63.9 cm³/mol. The zero-order valence-corrected chi connectivity index (χ0v) is 9.51. The highest BCUT2D eigenvalue weighted by Gasteiger charge is 1.96. The molecule has 0 saturated carbocycles. The van der Waals surface area contributed by atoms with Gasteiger partial charge in [-0.3, -0.25) is 0 Å². The van der Waals surface area contributed by atoms with Crippen molar-refractivity contribution in [2.45, 2.75) is 19.1 Å². The quantitative estimate of drug-likeness (QED) is 0.601. The third-order valence-electron chi connectivity index (χ3n) is 1.66. The van der Waals surface area contributed by atoms with E-state index in [9.17, 15) is 0 Å². The number of hydrogen-bond acceptors (Lipinski definition) is 3. The Labute approximate surface area is 89.8 Å². The van der Waals surface area contributed by atoms with Crippen LogP contribution in [0.2, 0.25) is 0 Å². The van der Waals surface area contributed by atoms with Gasteiger partial charge in [-0.05, 0) is 17.4 Å². The summed E-state index contributed by atoms with van der Waals surface area (Å²) in [5.74, 6) is 1.88. The lowest BCUT2D eigenvalue weighted by molar-refractivity contribution is 0.344. The monoisotopic (exact) mass is 211 g/mol. The molecule has 1 aromatic rings. The number of rotatable bonds is 5. The number of nitrogens with two attached hydrogens (primary N) is 1. The van der Waals surface area contributed by atoms with Crippen molar-refractivity contribution in [2.75, 3.05) is 18.1 Å². The summed E-state index contributed by atoms with van der Waals surface area (Å²) in [6.45, 7) is 5.11. The highest BCUT2D eigenvalue weighted by Crippen LogP contribution is 2.15. The summed E-state index contributed by atoms with van der Waals surface area (Å²) in [5, 5.41) is 0.666. The lowest BCUT2D eigenvalue weighted by Gasteiger charge is -2.07. The van der Waals surface area contributed by atoms with E-state index in [1.807, 2.05) is 36.0 Å². The van der Waals surface area contributed by atoms with Crippen LogP contribution >= 0.6 is 11.8 Å². The fourth-order valence-electron chi connectivity index (χ4n) is 1.05. The van der Waals surface area contributed by atoms with Gasteiger partial charge in [0.05, 0.1) is 6.61 Å². The molecule has 0 aliphatic heterocycles. The molecule has 0 unspecified atom stereocenters. The smallest absolute Gasteiger partial charge is 0.121 e. The van der Waals surface area contributed by atoms with Crippen LogP contribution in [-0.4, -0.2) is 17.6 Å². The summed E-state index contributed by atoms with van der Waals surface area (Å²) < 4.78 is 5.54. The zero-order valence-electron chi connectivity index (χ0n) is 8.69. The predicted octanol–water partition coefficient (Wildman–Crippen LogP) is 2.79. The van der Waals surface area contributed by atoms with Crippen LogP contribution in [0.15, 0.2) is 24.3 Å². The van der Waals surface area contributed by atoms with E-state index >= 15 is 0 Å². The Bertz CT molecular complexity index is 276. The second kappa shape index (κ2) is 5.81. The van der Waals surface area contributed by atoms with Gasteiger partial charge in [0.15, 0.2) is 0 Å². The van der Waals surface area contributed by atoms with Gasteiger partial charge in [0, 0.05) is 17.5 Å². The summed E-state index contributed by atoms with van der Waals surface area (Å²) in [6, 6.07) is 7.53. The highest BCUT2D eigenvalue weighted by atomic mass is 32.2. The average molecular weight is 211 g/mol. The van der Waals surface area contributed by atoms with Crippen LogP contribution < -0.4 is 10.5 Å². The molecular formula is C11H17NOS. The van der Waals surface area contributed by atoms with Gasteiger partial charge in [-0.25, -0.2) is 0 Å². The van der Waals surface area contributed by atoms with Crippen molar-refractivity contribution in [2.24, 2.45) is 0 Å². The Morgan fingerprint density at radius 1 is 1.43 bits per heavy atom. The first-order valence-electron chi connectivity index (χ1n) is 4.78. The standard InChI is InChI=1S/C11H17NOS/c1-9(2)14-7-6-13-11-5-3-4-10(12)8-11/h3-5,8-9H,6-7,12H2,1-2H3. The van der Waals surface area contributed by atoms with Gasteiger partial charge in [0.25, 0.3) is 0 Å². The van der Waals surface area contributed by atoms with Crippen molar-refractivity contribution in [1.82, 2.24) is 0 Å². The lowest BCUT2D eigenvalue weighted by Crippen LogP contribution is -2.02. The summed E-state index contributed by atoms with van der Waals surface area (Å²) >= 11 is 1.90. The molecule has 0 amide bonds. The van der Waals surface area contributed by atoms with Gasteiger partial charge in [-0.1, -0.05) is 19.9 Å². The number of anilines is 1. The van der Waals surface area contributed by atoms with Crippen LogP contribution in [0.25, 0.3) is 0 Å². The van der Waals surface area contributed by atoms with Crippen molar-refractivity contribution >= 4 is 17.4 Å². The Kier molecular flexibility index (Phi) is 4.66. The maximum Gasteiger partial charge on any atom is 0.121 e. The number of thioether (sulfide) groups is 1. The number of hydrogen-bond donors (Lipinski definition) is 1. The molecule has 0 heterocycles. The van der Waals surface area contributed by atoms with Crippen LogP contribution in [0.4, 0.5) is 5.69 Å². The van der Waals surface area contributed by atoms with E-state index in [4.69, 9.17) is 10.5 Å². The SMILES string of the molecule is CC(C)SCCOc1cccc(N)c1. The molecule has 0 aliphatic rings. The number of ether oxygens (including phenoxy) is 1. The number of nitrogen functional groups attached to an aromatic ring is 1.